The van der Waals surface area contributed by atoms with E-state index in [1.165, 1.54) is 5.56 Å². The summed E-state index contributed by atoms with van der Waals surface area (Å²) in [7, 11) is 0. The molecule has 0 radical (unpaired) electrons. The number of hydrogen-bond acceptors (Lipinski definition) is 4. The SMILES string of the molecule is CCC1CN(c2ncccn2)CCC(=O)N1Cc1ccccc1. The molecule has 1 unspecified atom stereocenters. The van der Waals surface area contributed by atoms with Crippen molar-refractivity contribution in [2.75, 3.05) is 18.0 Å². The molecule has 1 saturated heterocycles. The summed E-state index contributed by atoms with van der Waals surface area (Å²) in [5.74, 6) is 0.916. The van der Waals surface area contributed by atoms with E-state index in [1.807, 2.05) is 29.2 Å². The molecular weight excluding hydrogens is 288 g/mol. The Hall–Kier alpha value is -2.43. The Balaban J connectivity index is 1.79. The third-order valence-corrected chi connectivity index (χ3v) is 4.29. The molecule has 0 saturated carbocycles. The quantitative estimate of drug-likeness (QED) is 0.870. The molecule has 1 fully saturated rings. The van der Waals surface area contributed by atoms with Gasteiger partial charge in [0.25, 0.3) is 0 Å². The van der Waals surface area contributed by atoms with Crippen LogP contribution >= 0.6 is 0 Å². The summed E-state index contributed by atoms with van der Waals surface area (Å²) in [6.45, 7) is 4.25. The summed E-state index contributed by atoms with van der Waals surface area (Å²) < 4.78 is 0. The zero-order valence-corrected chi connectivity index (χ0v) is 13.4. The maximum Gasteiger partial charge on any atom is 0.225 e. The van der Waals surface area contributed by atoms with Crippen LogP contribution in [0.25, 0.3) is 0 Å². The fourth-order valence-corrected chi connectivity index (χ4v) is 3.01. The van der Waals surface area contributed by atoms with Gasteiger partial charge in [-0.1, -0.05) is 37.3 Å². The maximum atomic E-state index is 12.6. The first kappa shape index (κ1) is 15.5. The minimum atomic E-state index is 0.175. The van der Waals surface area contributed by atoms with Gasteiger partial charge in [0.1, 0.15) is 0 Å². The molecule has 3 rings (SSSR count). The molecule has 0 aliphatic carbocycles. The predicted molar refractivity (Wildman–Crippen MR) is 89.9 cm³/mol. The molecule has 1 aromatic heterocycles. The summed E-state index contributed by atoms with van der Waals surface area (Å²) >= 11 is 0. The summed E-state index contributed by atoms with van der Waals surface area (Å²) in [6.07, 6.45) is 4.92. The van der Waals surface area contributed by atoms with Crippen molar-refractivity contribution in [1.29, 1.82) is 0 Å². The molecule has 1 aromatic carbocycles. The summed E-state index contributed by atoms with van der Waals surface area (Å²) in [4.78, 5) is 25.4. The number of benzene rings is 1. The van der Waals surface area contributed by atoms with E-state index in [4.69, 9.17) is 0 Å². The first-order chi connectivity index (χ1) is 11.3. The molecule has 0 N–H and O–H groups in total. The van der Waals surface area contributed by atoms with E-state index in [0.29, 0.717) is 25.5 Å². The van der Waals surface area contributed by atoms with Crippen molar-refractivity contribution in [1.82, 2.24) is 14.9 Å². The van der Waals surface area contributed by atoms with Crippen molar-refractivity contribution in [3.8, 4) is 0 Å². The van der Waals surface area contributed by atoms with Gasteiger partial charge in [-0.3, -0.25) is 4.79 Å². The van der Waals surface area contributed by atoms with Crippen molar-refractivity contribution in [3.63, 3.8) is 0 Å². The molecule has 23 heavy (non-hydrogen) atoms. The molecule has 5 nitrogen and oxygen atoms in total. The minimum absolute atomic E-state index is 0.175. The Bertz CT molecular complexity index is 632. The van der Waals surface area contributed by atoms with Crippen LogP contribution in [-0.2, 0) is 11.3 Å². The van der Waals surface area contributed by atoms with E-state index in [1.54, 1.807) is 12.4 Å². The smallest absolute Gasteiger partial charge is 0.225 e. The van der Waals surface area contributed by atoms with Crippen LogP contribution in [0.15, 0.2) is 48.8 Å². The number of carbonyl (C=O) groups excluding carboxylic acids is 1. The molecule has 1 atom stereocenters. The lowest BCUT2D eigenvalue weighted by molar-refractivity contribution is -0.133. The van der Waals surface area contributed by atoms with Gasteiger partial charge in [0.2, 0.25) is 11.9 Å². The highest BCUT2D eigenvalue weighted by Gasteiger charge is 2.29. The molecule has 5 heteroatoms. The topological polar surface area (TPSA) is 49.3 Å². The van der Waals surface area contributed by atoms with E-state index >= 15 is 0 Å². The first-order valence-electron chi connectivity index (χ1n) is 8.13. The Morgan fingerprint density at radius 1 is 1.13 bits per heavy atom. The summed E-state index contributed by atoms with van der Waals surface area (Å²) in [5, 5.41) is 0. The van der Waals surface area contributed by atoms with Gasteiger partial charge >= 0.3 is 0 Å². The van der Waals surface area contributed by atoms with Crippen LogP contribution in [0.2, 0.25) is 0 Å². The van der Waals surface area contributed by atoms with Crippen molar-refractivity contribution in [2.24, 2.45) is 0 Å². The largest absolute Gasteiger partial charge is 0.338 e. The summed E-state index contributed by atoms with van der Waals surface area (Å²) in [6, 6.07) is 12.2. The van der Waals surface area contributed by atoms with E-state index in [0.717, 1.165) is 13.0 Å². The van der Waals surface area contributed by atoms with E-state index in [9.17, 15) is 4.79 Å². The lowest BCUT2D eigenvalue weighted by Gasteiger charge is -2.31. The molecule has 1 aliphatic heterocycles. The second-order valence-electron chi connectivity index (χ2n) is 5.81. The molecular formula is C18H22N4O. The second kappa shape index (κ2) is 7.22. The molecule has 0 bridgehead atoms. The third-order valence-electron chi connectivity index (χ3n) is 4.29. The number of rotatable bonds is 4. The average Bonchev–Trinajstić information content (AvgIpc) is 2.76. The maximum absolute atomic E-state index is 12.6. The van der Waals surface area contributed by atoms with Crippen molar-refractivity contribution in [3.05, 3.63) is 54.4 Å². The lowest BCUT2D eigenvalue weighted by Crippen LogP contribution is -2.42. The predicted octanol–water partition coefficient (Wildman–Crippen LogP) is 2.49. The van der Waals surface area contributed by atoms with Crippen LogP contribution in [-0.4, -0.2) is 39.9 Å². The Morgan fingerprint density at radius 3 is 2.57 bits per heavy atom. The van der Waals surface area contributed by atoms with Gasteiger partial charge in [0, 0.05) is 44.5 Å². The van der Waals surface area contributed by atoms with Gasteiger partial charge in [-0.15, -0.1) is 0 Å². The van der Waals surface area contributed by atoms with E-state index in [-0.39, 0.29) is 11.9 Å². The molecule has 2 heterocycles. The van der Waals surface area contributed by atoms with Gasteiger partial charge in [0.05, 0.1) is 0 Å². The first-order valence-corrected chi connectivity index (χ1v) is 8.13. The van der Waals surface area contributed by atoms with E-state index < -0.39 is 0 Å². The van der Waals surface area contributed by atoms with Gasteiger partial charge < -0.3 is 9.80 Å². The molecule has 1 amide bonds. The zero-order chi connectivity index (χ0) is 16.1. The number of carbonyl (C=O) groups is 1. The average molecular weight is 310 g/mol. The van der Waals surface area contributed by atoms with Gasteiger partial charge in [-0.25, -0.2) is 9.97 Å². The normalized spacial score (nSPS) is 18.8. The Labute approximate surface area is 137 Å². The lowest BCUT2D eigenvalue weighted by atomic mass is 10.1. The van der Waals surface area contributed by atoms with Gasteiger partial charge in [0.15, 0.2) is 0 Å². The summed E-state index contributed by atoms with van der Waals surface area (Å²) in [5.41, 5.74) is 1.17. The Morgan fingerprint density at radius 2 is 1.87 bits per heavy atom. The highest BCUT2D eigenvalue weighted by atomic mass is 16.2. The fraction of sp³-hybridized carbons (Fsp3) is 0.389. The van der Waals surface area contributed by atoms with Crippen molar-refractivity contribution in [2.45, 2.75) is 32.4 Å². The number of aromatic nitrogens is 2. The van der Waals surface area contributed by atoms with E-state index in [2.05, 4.69) is 33.9 Å². The number of hydrogen-bond donors (Lipinski definition) is 0. The standard InChI is InChI=1S/C18H22N4O/c1-2-16-14-21(18-19-10-6-11-20-18)12-9-17(23)22(16)13-15-7-4-3-5-8-15/h3-8,10-11,16H,2,9,12-14H2,1H3. The van der Waals surface area contributed by atoms with Crippen LogP contribution in [0.3, 0.4) is 0 Å². The number of nitrogens with zero attached hydrogens (tertiary/aromatic N) is 4. The zero-order valence-electron chi connectivity index (χ0n) is 13.4. The second-order valence-corrected chi connectivity index (χ2v) is 5.81. The van der Waals surface area contributed by atoms with Crippen LogP contribution in [0.4, 0.5) is 5.95 Å². The highest BCUT2D eigenvalue weighted by molar-refractivity contribution is 5.77. The number of amides is 1. The molecule has 120 valence electrons. The molecule has 2 aromatic rings. The van der Waals surface area contributed by atoms with Crippen LogP contribution in [0.1, 0.15) is 25.3 Å². The Kier molecular flexibility index (Phi) is 4.86. The fourth-order valence-electron chi connectivity index (χ4n) is 3.01. The molecule has 0 spiro atoms. The third kappa shape index (κ3) is 3.67. The molecule has 1 aliphatic rings. The number of anilines is 1. The van der Waals surface area contributed by atoms with Crippen LogP contribution in [0.5, 0.6) is 0 Å². The van der Waals surface area contributed by atoms with Gasteiger partial charge in [-0.2, -0.15) is 0 Å². The van der Waals surface area contributed by atoms with Crippen molar-refractivity contribution < 1.29 is 4.79 Å². The minimum Gasteiger partial charge on any atom is -0.338 e. The van der Waals surface area contributed by atoms with Crippen LogP contribution < -0.4 is 4.90 Å². The van der Waals surface area contributed by atoms with Crippen molar-refractivity contribution >= 4 is 11.9 Å². The van der Waals surface area contributed by atoms with Crippen LogP contribution in [0, 0.1) is 0 Å². The highest BCUT2D eigenvalue weighted by Crippen LogP contribution is 2.20. The van der Waals surface area contributed by atoms with Gasteiger partial charge in [-0.05, 0) is 18.1 Å². The monoisotopic (exact) mass is 310 g/mol.